The van der Waals surface area contributed by atoms with E-state index in [-0.39, 0.29) is 24.0 Å². The van der Waals surface area contributed by atoms with Crippen LogP contribution < -0.4 is 4.74 Å². The molecule has 0 saturated heterocycles. The van der Waals surface area contributed by atoms with Crippen molar-refractivity contribution in [2.45, 2.75) is 26.5 Å². The lowest BCUT2D eigenvalue weighted by Gasteiger charge is -2.09. The van der Waals surface area contributed by atoms with Crippen molar-refractivity contribution in [1.82, 2.24) is 14.3 Å². The minimum atomic E-state index is -0.887. The van der Waals surface area contributed by atoms with E-state index in [2.05, 4.69) is 16.0 Å². The molecule has 2 aromatic heterocycles. The molecule has 4 aromatic rings. The van der Waals surface area contributed by atoms with Gasteiger partial charge in [-0.25, -0.2) is 9.48 Å². The summed E-state index contributed by atoms with van der Waals surface area (Å²) in [6, 6.07) is 14.3. The molecule has 2 heterocycles. The molecule has 0 amide bonds. The third-order valence-electron chi connectivity index (χ3n) is 5.02. The molecule has 10 heteroatoms. The molecule has 10 nitrogen and oxygen atoms in total. The number of benzene rings is 2. The van der Waals surface area contributed by atoms with Gasteiger partial charge in [0.2, 0.25) is 0 Å². The van der Waals surface area contributed by atoms with E-state index in [0.717, 1.165) is 10.9 Å². The van der Waals surface area contributed by atoms with Gasteiger partial charge in [0, 0.05) is 29.3 Å². The maximum atomic E-state index is 12.6. The van der Waals surface area contributed by atoms with Crippen molar-refractivity contribution in [1.29, 1.82) is 5.26 Å². The summed E-state index contributed by atoms with van der Waals surface area (Å²) in [5.74, 6) is -0.398. The number of esters is 1. The van der Waals surface area contributed by atoms with Crippen LogP contribution >= 0.6 is 0 Å². The minimum absolute atomic E-state index is 0.205. The van der Waals surface area contributed by atoms with Crippen LogP contribution in [0, 0.1) is 21.4 Å². The van der Waals surface area contributed by atoms with Gasteiger partial charge in [0.15, 0.2) is 0 Å². The maximum Gasteiger partial charge on any atom is 0.346 e. The first kappa shape index (κ1) is 21.6. The topological polar surface area (TPSA) is 125 Å². The number of rotatable bonds is 7. The first-order valence-electron chi connectivity index (χ1n) is 10.0. The molecule has 0 aliphatic carbocycles. The zero-order chi connectivity index (χ0) is 23.5. The highest BCUT2D eigenvalue weighted by molar-refractivity contribution is 5.91. The third-order valence-corrected chi connectivity index (χ3v) is 5.02. The fraction of sp³-hybridized carbons (Fsp3) is 0.174. The first-order valence-corrected chi connectivity index (χ1v) is 10.0. The summed E-state index contributed by atoms with van der Waals surface area (Å²) >= 11 is 0. The highest BCUT2D eigenvalue weighted by atomic mass is 16.9. The summed E-state index contributed by atoms with van der Waals surface area (Å²) in [5.41, 5.74) is 2.91. The number of nitriles is 1. The predicted octanol–water partition coefficient (Wildman–Crippen LogP) is 4.21. The summed E-state index contributed by atoms with van der Waals surface area (Å²) in [6.07, 6.45) is 4.75. The zero-order valence-corrected chi connectivity index (χ0v) is 17.8. The van der Waals surface area contributed by atoms with Crippen molar-refractivity contribution in [3.8, 4) is 17.5 Å². The monoisotopic (exact) mass is 445 g/mol. The smallest absolute Gasteiger partial charge is 0.346 e. The summed E-state index contributed by atoms with van der Waals surface area (Å²) < 4.78 is 8.94. The first-order chi connectivity index (χ1) is 15.9. The highest BCUT2D eigenvalue weighted by Gasteiger charge is 2.15. The van der Waals surface area contributed by atoms with Gasteiger partial charge in [-0.3, -0.25) is 0 Å². The number of hydrogen-bond donors (Lipinski definition) is 0. The second-order valence-corrected chi connectivity index (χ2v) is 7.56. The molecular formula is C23H19N5O5. The molecule has 33 heavy (non-hydrogen) atoms. The SMILES string of the molecule is CC(C)n1cc(C#N)c2cc(-n3cc(C(=O)Oc4cccc(CO[N+](=O)[O-])c4)cn3)ccc21. The second kappa shape index (κ2) is 8.84. The molecule has 4 rings (SSSR count). The van der Waals surface area contributed by atoms with Crippen molar-refractivity contribution in [2.24, 2.45) is 0 Å². The van der Waals surface area contributed by atoms with Gasteiger partial charge < -0.3 is 14.1 Å². The summed E-state index contributed by atoms with van der Waals surface area (Å²) in [6.45, 7) is 3.85. The fourth-order valence-corrected chi connectivity index (χ4v) is 3.46. The number of carbonyl (C=O) groups excluding carboxylic acids is 1. The van der Waals surface area contributed by atoms with Gasteiger partial charge in [0.1, 0.15) is 18.4 Å². The molecule has 0 bridgehead atoms. The van der Waals surface area contributed by atoms with E-state index in [1.807, 2.05) is 42.8 Å². The molecule has 0 spiro atoms. The summed E-state index contributed by atoms with van der Waals surface area (Å²) in [4.78, 5) is 27.2. The Kier molecular flexibility index (Phi) is 5.78. The maximum absolute atomic E-state index is 12.6. The highest BCUT2D eigenvalue weighted by Crippen LogP contribution is 2.27. The fourth-order valence-electron chi connectivity index (χ4n) is 3.46. The largest absolute Gasteiger partial charge is 0.423 e. The Bertz CT molecular complexity index is 1400. The van der Waals surface area contributed by atoms with Crippen molar-refractivity contribution < 1.29 is 19.5 Å². The molecule has 0 N–H and O–H groups in total. The summed E-state index contributed by atoms with van der Waals surface area (Å²) in [5, 5.41) is 24.0. The van der Waals surface area contributed by atoms with E-state index in [1.165, 1.54) is 23.1 Å². The van der Waals surface area contributed by atoms with E-state index in [9.17, 15) is 20.2 Å². The second-order valence-electron chi connectivity index (χ2n) is 7.56. The van der Waals surface area contributed by atoms with E-state index in [4.69, 9.17) is 4.74 Å². The molecule has 166 valence electrons. The van der Waals surface area contributed by atoms with Crippen molar-refractivity contribution in [2.75, 3.05) is 0 Å². The van der Waals surface area contributed by atoms with Gasteiger partial charge in [-0.05, 0) is 49.7 Å². The molecule has 0 radical (unpaired) electrons. The van der Waals surface area contributed by atoms with Gasteiger partial charge in [0.25, 0.3) is 5.09 Å². The van der Waals surface area contributed by atoms with Crippen molar-refractivity contribution in [3.05, 3.63) is 87.9 Å². The number of fused-ring (bicyclic) bond motifs is 1. The van der Waals surface area contributed by atoms with E-state index >= 15 is 0 Å². The molecule has 0 saturated carbocycles. The number of hydrogen-bond acceptors (Lipinski definition) is 7. The number of aromatic nitrogens is 3. The zero-order valence-electron chi connectivity index (χ0n) is 17.8. The van der Waals surface area contributed by atoms with Crippen LogP contribution in [0.25, 0.3) is 16.6 Å². The van der Waals surface area contributed by atoms with E-state index < -0.39 is 11.1 Å². The minimum Gasteiger partial charge on any atom is -0.423 e. The van der Waals surface area contributed by atoms with Crippen molar-refractivity contribution >= 4 is 16.9 Å². The third kappa shape index (κ3) is 4.52. The number of carbonyl (C=O) groups is 1. The molecule has 0 fully saturated rings. The van der Waals surface area contributed by atoms with Gasteiger partial charge in [-0.2, -0.15) is 10.4 Å². The van der Waals surface area contributed by atoms with Crippen LogP contribution in [0.3, 0.4) is 0 Å². The molecular weight excluding hydrogens is 426 g/mol. The Labute approximate surface area is 188 Å². The van der Waals surface area contributed by atoms with Crippen LogP contribution in [-0.2, 0) is 11.4 Å². The van der Waals surface area contributed by atoms with Crippen LogP contribution in [0.15, 0.2) is 61.1 Å². The Morgan fingerprint density at radius 3 is 2.79 bits per heavy atom. The van der Waals surface area contributed by atoms with E-state index in [1.54, 1.807) is 18.2 Å². The molecule has 0 atom stereocenters. The summed E-state index contributed by atoms with van der Waals surface area (Å²) in [7, 11) is 0. The average Bonchev–Trinajstić information content (AvgIpc) is 3.43. The van der Waals surface area contributed by atoms with Crippen LogP contribution in [0.2, 0.25) is 0 Å². The average molecular weight is 445 g/mol. The standard InChI is InChI=1S/C23H19N5O5/c1-15(2)26-12-17(10-24)21-9-19(6-7-22(21)26)27-13-18(11-25-27)23(29)33-20-5-3-4-16(8-20)14-32-28(30)31/h3-9,11-13,15H,14H2,1-2H3. The van der Waals surface area contributed by atoms with Crippen LogP contribution in [-0.4, -0.2) is 25.4 Å². The van der Waals surface area contributed by atoms with Gasteiger partial charge in [0.05, 0.1) is 23.0 Å². The van der Waals surface area contributed by atoms with Crippen LogP contribution in [0.4, 0.5) is 0 Å². The lowest BCUT2D eigenvalue weighted by atomic mass is 10.1. The molecule has 0 aliphatic heterocycles. The predicted molar refractivity (Wildman–Crippen MR) is 117 cm³/mol. The number of nitrogens with zero attached hydrogens (tertiary/aromatic N) is 5. The van der Waals surface area contributed by atoms with E-state index in [0.29, 0.717) is 16.8 Å². The van der Waals surface area contributed by atoms with Crippen molar-refractivity contribution in [3.63, 3.8) is 0 Å². The molecule has 0 aliphatic rings. The number of ether oxygens (including phenoxy) is 1. The van der Waals surface area contributed by atoms with Crippen LogP contribution in [0.5, 0.6) is 5.75 Å². The van der Waals surface area contributed by atoms with Crippen LogP contribution in [0.1, 0.15) is 41.4 Å². The van der Waals surface area contributed by atoms with Gasteiger partial charge in [-0.15, -0.1) is 10.1 Å². The lowest BCUT2D eigenvalue weighted by molar-refractivity contribution is -0.763. The Balaban J connectivity index is 1.55. The Morgan fingerprint density at radius 2 is 2.06 bits per heavy atom. The Hall–Kier alpha value is -4.65. The molecule has 0 unspecified atom stereocenters. The normalized spacial score (nSPS) is 10.8. The lowest BCUT2D eigenvalue weighted by Crippen LogP contribution is -2.08. The van der Waals surface area contributed by atoms with Gasteiger partial charge >= 0.3 is 5.97 Å². The quantitative estimate of drug-likeness (QED) is 0.181. The Morgan fingerprint density at radius 1 is 1.24 bits per heavy atom. The molecule has 2 aromatic carbocycles. The van der Waals surface area contributed by atoms with Gasteiger partial charge in [-0.1, -0.05) is 12.1 Å².